The van der Waals surface area contributed by atoms with Gasteiger partial charge in [-0.2, -0.15) is 0 Å². The first-order valence-corrected chi connectivity index (χ1v) is 9.39. The molecule has 8 atom stereocenters. The van der Waals surface area contributed by atoms with E-state index in [9.17, 15) is 10.2 Å². The lowest BCUT2D eigenvalue weighted by Gasteiger charge is -2.59. The molecule has 22 heavy (non-hydrogen) atoms. The Morgan fingerprint density at radius 2 is 1.68 bits per heavy atom. The minimum atomic E-state index is -0.429. The van der Waals surface area contributed by atoms with Crippen molar-refractivity contribution >= 4 is 0 Å². The number of aliphatic hydroxyl groups is 2. The van der Waals surface area contributed by atoms with Crippen LogP contribution >= 0.6 is 0 Å². The van der Waals surface area contributed by atoms with Gasteiger partial charge in [-0.25, -0.2) is 0 Å². The molecule has 0 aromatic carbocycles. The van der Waals surface area contributed by atoms with Crippen molar-refractivity contribution in [1.29, 1.82) is 0 Å². The molecule has 1 saturated heterocycles. The first-order chi connectivity index (χ1) is 10.4. The summed E-state index contributed by atoms with van der Waals surface area (Å²) in [7, 11) is 0. The van der Waals surface area contributed by atoms with Gasteiger partial charge in [0, 0.05) is 5.41 Å². The third-order valence-electron chi connectivity index (χ3n) is 8.01. The van der Waals surface area contributed by atoms with Crippen LogP contribution < -0.4 is 0 Å². The van der Waals surface area contributed by atoms with Crippen molar-refractivity contribution in [3.05, 3.63) is 0 Å². The molecule has 2 N–H and O–H groups in total. The molecule has 0 aromatic rings. The van der Waals surface area contributed by atoms with Crippen LogP contribution in [-0.2, 0) is 4.74 Å². The van der Waals surface area contributed by atoms with Crippen molar-refractivity contribution in [2.45, 2.75) is 70.5 Å². The number of hydrogen-bond donors (Lipinski definition) is 2. The van der Waals surface area contributed by atoms with Crippen LogP contribution in [0.4, 0.5) is 0 Å². The van der Waals surface area contributed by atoms with E-state index >= 15 is 0 Å². The molecular formula is C19H32O3. The van der Waals surface area contributed by atoms with E-state index in [0.717, 1.165) is 49.5 Å². The summed E-state index contributed by atoms with van der Waals surface area (Å²) in [5.74, 6) is 3.62. The summed E-state index contributed by atoms with van der Waals surface area (Å²) in [6.07, 6.45) is 7.87. The molecule has 126 valence electrons. The van der Waals surface area contributed by atoms with E-state index in [2.05, 4.69) is 6.92 Å². The lowest BCUT2D eigenvalue weighted by molar-refractivity contribution is -0.192. The van der Waals surface area contributed by atoms with Crippen LogP contribution in [0.5, 0.6) is 0 Å². The molecule has 0 radical (unpaired) electrons. The second kappa shape index (κ2) is 5.19. The summed E-state index contributed by atoms with van der Waals surface area (Å²) in [6.45, 7) is 5.71. The van der Waals surface area contributed by atoms with Crippen LogP contribution in [-0.4, -0.2) is 35.1 Å². The second-order valence-electron chi connectivity index (χ2n) is 9.27. The Bertz CT molecular complexity index is 434. The van der Waals surface area contributed by atoms with E-state index in [0.29, 0.717) is 12.5 Å². The Kier molecular flexibility index (Phi) is 3.63. The summed E-state index contributed by atoms with van der Waals surface area (Å²) in [5.41, 5.74) is -0.353. The maximum atomic E-state index is 10.5. The lowest BCUT2D eigenvalue weighted by Crippen LogP contribution is -2.58. The van der Waals surface area contributed by atoms with Crippen LogP contribution in [0.25, 0.3) is 0 Å². The van der Waals surface area contributed by atoms with Crippen molar-refractivity contribution in [3.8, 4) is 0 Å². The predicted octanol–water partition coefficient (Wildman–Crippen LogP) is 2.99. The van der Waals surface area contributed by atoms with Crippen molar-refractivity contribution in [2.75, 3.05) is 13.2 Å². The molecule has 3 heteroatoms. The summed E-state index contributed by atoms with van der Waals surface area (Å²) >= 11 is 0. The fourth-order valence-electron chi connectivity index (χ4n) is 6.65. The van der Waals surface area contributed by atoms with Gasteiger partial charge in [0.05, 0.1) is 24.9 Å². The Morgan fingerprint density at radius 1 is 0.909 bits per heavy atom. The highest BCUT2D eigenvalue weighted by Crippen LogP contribution is 2.60. The summed E-state index contributed by atoms with van der Waals surface area (Å²) in [5, 5.41) is 20.9. The second-order valence-corrected chi connectivity index (χ2v) is 9.27. The Hall–Kier alpha value is -0.120. The van der Waals surface area contributed by atoms with Crippen LogP contribution in [0, 0.1) is 35.0 Å². The predicted molar refractivity (Wildman–Crippen MR) is 85.3 cm³/mol. The molecule has 1 aliphatic heterocycles. The van der Waals surface area contributed by atoms with Crippen molar-refractivity contribution in [2.24, 2.45) is 35.0 Å². The molecule has 3 nitrogen and oxygen atoms in total. The first-order valence-electron chi connectivity index (χ1n) is 9.39. The van der Waals surface area contributed by atoms with E-state index in [1.54, 1.807) is 0 Å². The van der Waals surface area contributed by atoms with E-state index in [1.807, 2.05) is 6.92 Å². The molecule has 3 saturated carbocycles. The van der Waals surface area contributed by atoms with Gasteiger partial charge in [-0.3, -0.25) is 0 Å². The minimum Gasteiger partial charge on any atom is -0.390 e. The molecule has 1 heterocycles. The zero-order chi connectivity index (χ0) is 15.5. The molecule has 4 rings (SSSR count). The van der Waals surface area contributed by atoms with Crippen LogP contribution in [0.3, 0.4) is 0 Å². The highest BCUT2D eigenvalue weighted by molar-refractivity contribution is 5.05. The van der Waals surface area contributed by atoms with Crippen LogP contribution in [0.1, 0.15) is 58.8 Å². The van der Waals surface area contributed by atoms with E-state index in [1.165, 1.54) is 25.7 Å². The largest absolute Gasteiger partial charge is 0.390 e. The maximum absolute atomic E-state index is 10.5. The molecule has 0 amide bonds. The Balaban J connectivity index is 1.56. The summed E-state index contributed by atoms with van der Waals surface area (Å²) in [6, 6.07) is 0. The van der Waals surface area contributed by atoms with Crippen molar-refractivity contribution in [1.82, 2.24) is 0 Å². The number of hydrogen-bond acceptors (Lipinski definition) is 3. The van der Waals surface area contributed by atoms with Crippen LogP contribution in [0.15, 0.2) is 0 Å². The monoisotopic (exact) mass is 308 g/mol. The van der Waals surface area contributed by atoms with Crippen LogP contribution in [0.2, 0.25) is 0 Å². The van der Waals surface area contributed by atoms with E-state index in [4.69, 9.17) is 4.74 Å². The van der Waals surface area contributed by atoms with Gasteiger partial charge in [-0.1, -0.05) is 6.92 Å². The molecule has 0 aromatic heterocycles. The smallest absolute Gasteiger partial charge is 0.0830 e. The lowest BCUT2D eigenvalue weighted by atomic mass is 9.48. The van der Waals surface area contributed by atoms with Gasteiger partial charge in [0.1, 0.15) is 0 Å². The minimum absolute atomic E-state index is 0.0758. The van der Waals surface area contributed by atoms with Gasteiger partial charge in [0.15, 0.2) is 0 Å². The average Bonchev–Trinajstić information content (AvgIpc) is 2.47. The zero-order valence-corrected chi connectivity index (χ0v) is 14.1. The van der Waals surface area contributed by atoms with Gasteiger partial charge in [-0.15, -0.1) is 0 Å². The highest BCUT2D eigenvalue weighted by Gasteiger charge is 2.56. The van der Waals surface area contributed by atoms with Gasteiger partial charge in [-0.05, 0) is 81.5 Å². The fraction of sp³-hybridized carbons (Fsp3) is 1.00. The SMILES string of the molecule is CC12CC[C@@H]3C4CC[C@@](C)(O)CC4CCC3[C@@H]1COCC2O. The number of ether oxygens (including phenoxy) is 1. The van der Waals surface area contributed by atoms with Gasteiger partial charge in [0.2, 0.25) is 0 Å². The quantitative estimate of drug-likeness (QED) is 0.723. The number of fused-ring (bicyclic) bond motifs is 5. The van der Waals surface area contributed by atoms with Gasteiger partial charge < -0.3 is 14.9 Å². The summed E-state index contributed by atoms with van der Waals surface area (Å²) in [4.78, 5) is 0. The molecular weight excluding hydrogens is 276 g/mol. The molecule has 5 unspecified atom stereocenters. The Labute approximate surface area is 134 Å². The maximum Gasteiger partial charge on any atom is 0.0830 e. The van der Waals surface area contributed by atoms with Crippen molar-refractivity contribution < 1.29 is 14.9 Å². The number of rotatable bonds is 0. The molecule has 4 fully saturated rings. The zero-order valence-electron chi connectivity index (χ0n) is 14.1. The molecule has 0 spiro atoms. The average molecular weight is 308 g/mol. The normalized spacial score (nSPS) is 58.4. The van der Waals surface area contributed by atoms with E-state index in [-0.39, 0.29) is 11.5 Å². The van der Waals surface area contributed by atoms with Gasteiger partial charge >= 0.3 is 0 Å². The standard InChI is InChI=1S/C19H32O3/c1-18(21)7-5-13-12(9-18)3-4-15-14(13)6-8-19(2)16(15)10-22-11-17(19)20/h12-17,20-21H,3-11H2,1-2H3/t12?,13?,14-,15?,16+,17?,18-,19?/m1/s1. The fourth-order valence-corrected chi connectivity index (χ4v) is 6.65. The van der Waals surface area contributed by atoms with Gasteiger partial charge in [0.25, 0.3) is 0 Å². The topological polar surface area (TPSA) is 49.7 Å². The number of aliphatic hydroxyl groups excluding tert-OH is 1. The molecule has 3 aliphatic carbocycles. The van der Waals surface area contributed by atoms with Crippen molar-refractivity contribution in [3.63, 3.8) is 0 Å². The third kappa shape index (κ3) is 2.27. The molecule has 0 bridgehead atoms. The molecule has 4 aliphatic rings. The first kappa shape index (κ1) is 15.4. The summed E-state index contributed by atoms with van der Waals surface area (Å²) < 4.78 is 5.74. The Morgan fingerprint density at radius 3 is 2.50 bits per heavy atom. The third-order valence-corrected chi connectivity index (χ3v) is 8.01. The van der Waals surface area contributed by atoms with E-state index < -0.39 is 5.60 Å². The highest BCUT2D eigenvalue weighted by atomic mass is 16.5.